The van der Waals surface area contributed by atoms with Crippen molar-refractivity contribution >= 4 is 7.12 Å². The molecular weight excluding hydrogens is 305 g/mol. The number of ether oxygens (including phenoxy) is 1. The van der Waals surface area contributed by atoms with Gasteiger partial charge in [0.25, 0.3) is 0 Å². The van der Waals surface area contributed by atoms with Gasteiger partial charge in [-0.05, 0) is 58.9 Å². The lowest BCUT2D eigenvalue weighted by Gasteiger charge is -2.51. The molecule has 6 heteroatoms. The van der Waals surface area contributed by atoms with Crippen molar-refractivity contribution in [3.63, 3.8) is 0 Å². The van der Waals surface area contributed by atoms with E-state index in [-0.39, 0.29) is 30.4 Å². The van der Waals surface area contributed by atoms with E-state index in [1.54, 1.807) is 0 Å². The molecule has 3 rings (SSSR count). The van der Waals surface area contributed by atoms with E-state index in [4.69, 9.17) is 14.0 Å². The first kappa shape index (κ1) is 18.1. The van der Waals surface area contributed by atoms with Crippen LogP contribution >= 0.6 is 0 Å². The number of hydrogen-bond acceptors (Lipinski definition) is 5. The third-order valence-corrected chi connectivity index (χ3v) is 5.22. The third kappa shape index (κ3) is 3.94. The van der Waals surface area contributed by atoms with Crippen LogP contribution in [0.25, 0.3) is 0 Å². The summed E-state index contributed by atoms with van der Waals surface area (Å²) in [6.45, 7) is 9.34. The van der Waals surface area contributed by atoms with Crippen LogP contribution in [0.2, 0.25) is 0 Å². The summed E-state index contributed by atoms with van der Waals surface area (Å²) >= 11 is 0. The summed E-state index contributed by atoms with van der Waals surface area (Å²) < 4.78 is 17.9. The molecule has 0 aromatic heterocycles. The van der Waals surface area contributed by atoms with Gasteiger partial charge < -0.3 is 19.3 Å². The molecule has 1 N–H and O–H groups in total. The van der Waals surface area contributed by atoms with Gasteiger partial charge in [-0.2, -0.15) is 5.06 Å². The van der Waals surface area contributed by atoms with Crippen LogP contribution in [0.3, 0.4) is 0 Å². The fourth-order valence-electron chi connectivity index (χ4n) is 4.09. The minimum Gasteiger partial charge on any atom is -0.405 e. The summed E-state index contributed by atoms with van der Waals surface area (Å²) in [6, 6.07) is 0. The Kier molecular flexibility index (Phi) is 5.23. The van der Waals surface area contributed by atoms with Gasteiger partial charge in [0, 0.05) is 11.1 Å². The van der Waals surface area contributed by atoms with E-state index in [1.807, 2.05) is 0 Å². The number of rotatable bonds is 4. The normalized spacial score (nSPS) is 30.6. The van der Waals surface area contributed by atoms with Crippen LogP contribution in [0.5, 0.6) is 0 Å². The maximum absolute atomic E-state index is 10.4. The maximum Gasteiger partial charge on any atom is 0.490 e. The number of hydrogen-bond donors (Lipinski definition) is 1. The quantitative estimate of drug-likeness (QED) is 0.800. The molecule has 134 valence electrons. The lowest BCUT2D eigenvalue weighted by Crippen LogP contribution is -2.60. The Balaban J connectivity index is 1.50. The van der Waals surface area contributed by atoms with Crippen LogP contribution in [0.15, 0.2) is 23.7 Å². The van der Waals surface area contributed by atoms with Gasteiger partial charge in [-0.3, -0.25) is 0 Å². The van der Waals surface area contributed by atoms with Crippen molar-refractivity contribution in [3.8, 4) is 0 Å². The second kappa shape index (κ2) is 6.92. The fourth-order valence-corrected chi connectivity index (χ4v) is 4.09. The second-order valence-electron chi connectivity index (χ2n) is 8.43. The highest BCUT2D eigenvalue weighted by Gasteiger charge is 2.46. The van der Waals surface area contributed by atoms with Crippen molar-refractivity contribution in [2.75, 3.05) is 13.2 Å². The highest BCUT2D eigenvalue weighted by Crippen LogP contribution is 2.38. The molecule has 24 heavy (non-hydrogen) atoms. The van der Waals surface area contributed by atoms with Crippen molar-refractivity contribution in [1.82, 2.24) is 5.06 Å². The summed E-state index contributed by atoms with van der Waals surface area (Å²) in [7, 11) is -0.212. The monoisotopic (exact) mass is 335 g/mol. The topological polar surface area (TPSA) is 51.2 Å². The van der Waals surface area contributed by atoms with Crippen molar-refractivity contribution in [1.29, 1.82) is 0 Å². The molecular formula is C18H30BNO4. The van der Waals surface area contributed by atoms with Crippen LogP contribution in [0.1, 0.15) is 53.4 Å². The molecule has 0 aromatic carbocycles. The fraction of sp³-hybridized carbons (Fsp3) is 0.778. The molecule has 2 saturated heterocycles. The van der Waals surface area contributed by atoms with E-state index in [0.717, 1.165) is 25.7 Å². The van der Waals surface area contributed by atoms with E-state index in [2.05, 4.69) is 45.9 Å². The van der Waals surface area contributed by atoms with Crippen molar-refractivity contribution in [2.45, 2.75) is 76.7 Å². The third-order valence-electron chi connectivity index (χ3n) is 5.22. The van der Waals surface area contributed by atoms with Crippen molar-refractivity contribution in [2.24, 2.45) is 0 Å². The van der Waals surface area contributed by atoms with Crippen LogP contribution in [-0.4, -0.2) is 53.9 Å². The Bertz CT molecular complexity index is 499. The molecule has 1 unspecified atom stereocenters. The molecule has 1 atom stereocenters. The average Bonchev–Trinajstić information content (AvgIpc) is 3.00. The van der Waals surface area contributed by atoms with Crippen LogP contribution in [-0.2, 0) is 14.0 Å². The maximum atomic E-state index is 10.4. The zero-order valence-electron chi connectivity index (χ0n) is 15.3. The van der Waals surface area contributed by atoms with Crippen LogP contribution in [0.4, 0.5) is 0 Å². The molecule has 2 heterocycles. The predicted octanol–water partition coefficient (Wildman–Crippen LogP) is 3.13. The summed E-state index contributed by atoms with van der Waals surface area (Å²) in [5, 5.41) is 11.8. The minimum atomic E-state index is -0.290. The Morgan fingerprint density at radius 1 is 1.29 bits per heavy atom. The van der Waals surface area contributed by atoms with Crippen LogP contribution < -0.4 is 0 Å². The first-order valence-corrected chi connectivity index (χ1v) is 9.01. The summed E-state index contributed by atoms with van der Waals surface area (Å²) in [4.78, 5) is 0. The largest absolute Gasteiger partial charge is 0.490 e. The lowest BCUT2D eigenvalue weighted by atomic mass is 9.74. The van der Waals surface area contributed by atoms with E-state index >= 15 is 0 Å². The van der Waals surface area contributed by atoms with E-state index in [9.17, 15) is 5.21 Å². The zero-order chi connectivity index (χ0) is 17.4. The molecule has 0 amide bonds. The van der Waals surface area contributed by atoms with E-state index < -0.39 is 0 Å². The molecule has 1 aliphatic carbocycles. The van der Waals surface area contributed by atoms with Gasteiger partial charge in [0.1, 0.15) is 0 Å². The Morgan fingerprint density at radius 2 is 2.00 bits per heavy atom. The number of hydroxylamine groups is 2. The Morgan fingerprint density at radius 3 is 2.62 bits per heavy atom. The smallest absolute Gasteiger partial charge is 0.405 e. The van der Waals surface area contributed by atoms with Crippen molar-refractivity contribution in [3.05, 3.63) is 23.7 Å². The van der Waals surface area contributed by atoms with Gasteiger partial charge in [-0.1, -0.05) is 18.2 Å². The van der Waals surface area contributed by atoms with E-state index in [0.29, 0.717) is 13.2 Å². The SMILES string of the molecule is CC1(C)CC(OCC2COB(C3=CC=CCC3)O2)CC(C)(C)N1O. The van der Waals surface area contributed by atoms with Crippen molar-refractivity contribution < 1.29 is 19.3 Å². The molecule has 0 radical (unpaired) electrons. The highest BCUT2D eigenvalue weighted by molar-refractivity contribution is 6.54. The average molecular weight is 335 g/mol. The molecule has 0 spiro atoms. The molecule has 2 aliphatic heterocycles. The van der Waals surface area contributed by atoms with Gasteiger partial charge >= 0.3 is 7.12 Å². The minimum absolute atomic E-state index is 0.0137. The molecule has 0 bridgehead atoms. The molecule has 0 aromatic rings. The van der Waals surface area contributed by atoms with Gasteiger partial charge in [-0.25, -0.2) is 0 Å². The Labute approximate surface area is 145 Å². The molecule has 0 saturated carbocycles. The second-order valence-corrected chi connectivity index (χ2v) is 8.43. The van der Waals surface area contributed by atoms with E-state index in [1.165, 1.54) is 10.5 Å². The summed E-state index contributed by atoms with van der Waals surface area (Å²) in [6.07, 6.45) is 10.1. The molecule has 3 aliphatic rings. The molecule has 5 nitrogen and oxygen atoms in total. The summed E-state index contributed by atoms with van der Waals surface area (Å²) in [5.74, 6) is 0. The first-order chi connectivity index (χ1) is 11.3. The number of allylic oxidation sites excluding steroid dienone is 4. The summed E-state index contributed by atoms with van der Waals surface area (Å²) in [5.41, 5.74) is 0.637. The van der Waals surface area contributed by atoms with Gasteiger partial charge in [-0.15, -0.1) is 0 Å². The van der Waals surface area contributed by atoms with Gasteiger partial charge in [0.2, 0.25) is 0 Å². The number of piperidine rings is 1. The van der Waals surface area contributed by atoms with Crippen LogP contribution in [0, 0.1) is 0 Å². The lowest BCUT2D eigenvalue weighted by molar-refractivity contribution is -0.262. The molecule has 2 fully saturated rings. The van der Waals surface area contributed by atoms with Gasteiger partial charge in [0.15, 0.2) is 0 Å². The standard InChI is InChI=1S/C18H30BNO4/c1-17(2)10-15(11-18(3,4)20(17)21)22-12-16-13-23-19(24-16)14-8-6-5-7-9-14/h5-6,8,15-16,21H,7,9-13H2,1-4H3. The zero-order valence-corrected chi connectivity index (χ0v) is 15.3. The van der Waals surface area contributed by atoms with Gasteiger partial charge in [0.05, 0.1) is 25.4 Å². The Hall–Kier alpha value is -0.655. The first-order valence-electron chi connectivity index (χ1n) is 9.01. The number of nitrogens with zero attached hydrogens (tertiary/aromatic N) is 1. The highest BCUT2D eigenvalue weighted by atomic mass is 16.7. The predicted molar refractivity (Wildman–Crippen MR) is 93.8 cm³/mol.